The van der Waals surface area contributed by atoms with Crippen molar-refractivity contribution in [3.63, 3.8) is 0 Å². The number of nitrogens with zero attached hydrogens (tertiary/aromatic N) is 7. The number of aromatic amines is 3. The smallest absolute Gasteiger partial charge is 0.313 e. The maximum absolute atomic E-state index is 11.9. The molecule has 0 aliphatic heterocycles. The highest BCUT2D eigenvalue weighted by molar-refractivity contribution is 5.94. The van der Waals surface area contributed by atoms with Crippen LogP contribution in [0, 0.1) is 36.5 Å². The lowest BCUT2D eigenvalue weighted by atomic mass is 10.0. The van der Waals surface area contributed by atoms with Crippen LogP contribution < -0.4 is 75.9 Å². The second kappa shape index (κ2) is 46.0. The summed E-state index contributed by atoms with van der Waals surface area (Å²) in [5.41, 5.74) is 14.9. The molecule has 5 aromatic heterocycles. The first-order valence-electron chi connectivity index (χ1n) is 30.9. The summed E-state index contributed by atoms with van der Waals surface area (Å²) >= 11 is 0. The molecule has 0 fully saturated rings. The van der Waals surface area contributed by atoms with E-state index in [0.717, 1.165) is 44.6 Å². The van der Waals surface area contributed by atoms with Crippen LogP contribution in [0.5, 0.6) is 57.5 Å². The molecule has 32 heteroatoms. The summed E-state index contributed by atoms with van der Waals surface area (Å²) < 4.78 is 63.7. The fraction of sp³-hybridized carbons (Fsp3) is 0.292. The number of aryl methyl sites for hydroxylation is 2. The Balaban J connectivity index is 0.000000421. The number of H-pyrrole nitrogens is 3. The normalized spacial score (nSPS) is 9.92. The maximum Gasteiger partial charge on any atom is 0.313 e. The minimum absolute atomic E-state index is 0. The van der Waals surface area contributed by atoms with E-state index < -0.39 is 11.9 Å². The second-order valence-corrected chi connectivity index (χ2v) is 20.6. The molecule has 31 nitrogen and oxygen atoms in total. The Morgan fingerprint density at radius 3 is 1.48 bits per heavy atom. The van der Waals surface area contributed by atoms with Gasteiger partial charge in [-0.1, -0.05) is 30.3 Å². The standard InChI is InChI=1S/2C15H15N3O3.C11H13N3O2.C11H11NO3.C10H11NO2.C6H10O3.C4H8O2.ClH.H4N2/c1-9-6-14(19)17-15-11(8-16-18(9)15)10-4-5-12(20-2)13(7-10)21-3;1-9-6-14(19)18-15(17-9)11(8-16-18)10-4-5-12(20-2)13(7-10)21-3;1-15-9-4-3-7(5-10(9)16-2)8-6-13-14-11(8)12;1-14-10-4-3-8(5-11(10)15-2)9(6-12)7-13;1-12-9-4-3-8(5-6-11)7-10(9)13-2;1-3-9-6(8)4-5(2)7;1-3-6-4(2)5;;1-2/h4-8H,1-3H3,(H,17,19);4-8,16H,1-3H3;3-6H,1-2H3,(H3,12,13,14);3-5,7,9H,1-2H3;3-4,7H,5H2,1-2H3;3-4H2,1-2H3;3H2,1-2H3;1H;1-2H2. The molecule has 104 heavy (non-hydrogen) atoms. The highest BCUT2D eigenvalue weighted by atomic mass is 35.5. The summed E-state index contributed by atoms with van der Waals surface area (Å²) in [4.78, 5) is 71.9. The topological polar surface area (TPSA) is 434 Å². The van der Waals surface area contributed by atoms with Crippen molar-refractivity contribution in [2.24, 2.45) is 11.7 Å². The van der Waals surface area contributed by atoms with Crippen molar-refractivity contribution in [2.45, 2.75) is 60.3 Å². The molecule has 1 unspecified atom stereocenters. The molecule has 9 N–H and O–H groups in total. The van der Waals surface area contributed by atoms with Gasteiger partial charge in [0.05, 0.1) is 115 Å². The average molecular weight is 1460 g/mol. The van der Waals surface area contributed by atoms with E-state index in [0.29, 0.717) is 112 Å². The van der Waals surface area contributed by atoms with Crippen molar-refractivity contribution in [1.82, 2.24) is 39.4 Å². The number of fused-ring (bicyclic) bond motifs is 2. The molecule has 10 rings (SSSR count). The van der Waals surface area contributed by atoms with Gasteiger partial charge in [-0.25, -0.2) is 14.0 Å². The van der Waals surface area contributed by atoms with Gasteiger partial charge in [0.15, 0.2) is 63.1 Å². The van der Waals surface area contributed by atoms with Gasteiger partial charge in [-0.2, -0.15) is 20.7 Å². The molecule has 0 bridgehead atoms. The van der Waals surface area contributed by atoms with Crippen molar-refractivity contribution in [2.75, 3.05) is 90.0 Å². The number of hydrogen-bond donors (Lipinski definition) is 6. The number of nitrogens with two attached hydrogens (primary N) is 3. The number of nitriles is 2. The van der Waals surface area contributed by atoms with E-state index in [1.807, 2.05) is 79.7 Å². The van der Waals surface area contributed by atoms with Crippen LogP contribution in [0.25, 0.3) is 44.7 Å². The van der Waals surface area contributed by atoms with E-state index in [1.165, 1.54) is 44.7 Å². The van der Waals surface area contributed by atoms with Crippen LogP contribution in [0.15, 0.2) is 131 Å². The maximum atomic E-state index is 11.9. The predicted octanol–water partition coefficient (Wildman–Crippen LogP) is 9.32. The lowest BCUT2D eigenvalue weighted by molar-refractivity contribution is -0.145. The molecular weight excluding hydrogens is 1370 g/mol. The zero-order valence-corrected chi connectivity index (χ0v) is 61.5. The van der Waals surface area contributed by atoms with E-state index in [9.17, 15) is 28.8 Å². The van der Waals surface area contributed by atoms with Gasteiger partial charge in [-0.3, -0.25) is 45.9 Å². The summed E-state index contributed by atoms with van der Waals surface area (Å²) in [6.45, 7) is 10.7. The van der Waals surface area contributed by atoms with Gasteiger partial charge >= 0.3 is 11.9 Å². The van der Waals surface area contributed by atoms with Crippen LogP contribution in [0.1, 0.15) is 62.5 Å². The summed E-state index contributed by atoms with van der Waals surface area (Å²) in [6.07, 6.45) is 6.04. The highest BCUT2D eigenvalue weighted by Crippen LogP contribution is 2.37. The molecule has 0 saturated carbocycles. The summed E-state index contributed by atoms with van der Waals surface area (Å²) in [6, 6.07) is 34.2. The number of rotatable bonds is 20. The van der Waals surface area contributed by atoms with Crippen LogP contribution in [-0.4, -0.2) is 148 Å². The number of methoxy groups -OCH3 is 10. The molecule has 0 radical (unpaired) electrons. The number of benzene rings is 5. The minimum atomic E-state index is -0.759. The molecule has 1 atom stereocenters. The molecule has 0 amide bonds. The summed E-state index contributed by atoms with van der Waals surface area (Å²) in [5, 5.41) is 31.0. The third kappa shape index (κ3) is 25.5. The van der Waals surface area contributed by atoms with Gasteiger partial charge in [-0.05, 0) is 123 Å². The van der Waals surface area contributed by atoms with Crippen LogP contribution in [0.2, 0.25) is 0 Å². The van der Waals surface area contributed by atoms with Gasteiger partial charge in [0, 0.05) is 53.3 Å². The SMILES string of the molecule is CCOC(=O)CC(C)=O.CCOC(C)=O.COc1ccc(-c2c[nH]n3c(=O)cc(C)nc23)cc1OC.COc1ccc(-c2cn[nH]c2N)cc1OC.COc1ccc(-c2cnn3c(C)cc(=O)[nH]c23)cc1OC.COc1ccc(C(C#N)C=O)cc1OC.COc1ccc(CC#N)cc1OC.Cl.NN. The Bertz CT molecular complexity index is 4540. The largest absolute Gasteiger partial charge is 0.493 e. The van der Waals surface area contributed by atoms with Crippen LogP contribution in [-0.2, 0) is 35.1 Å². The van der Waals surface area contributed by atoms with Crippen molar-refractivity contribution >= 4 is 53.5 Å². The van der Waals surface area contributed by atoms with Crippen LogP contribution in [0.4, 0.5) is 5.82 Å². The number of carbonyl (C=O) groups is 4. The number of esters is 2. The van der Waals surface area contributed by atoms with E-state index >= 15 is 0 Å². The highest BCUT2D eigenvalue weighted by Gasteiger charge is 2.17. The number of aldehydes is 1. The molecule has 0 spiro atoms. The van der Waals surface area contributed by atoms with Crippen LogP contribution >= 0.6 is 12.4 Å². The average Bonchev–Trinajstić information content (AvgIpc) is 1.63. The van der Waals surface area contributed by atoms with Gasteiger partial charge < -0.3 is 72.4 Å². The number of ether oxygens (including phenoxy) is 12. The molecule has 0 aliphatic carbocycles. The quantitative estimate of drug-likeness (QED) is 0.0136. The number of Topliss-reactive ketones (excluding diaryl/α,β-unsaturated/α-hetero) is 1. The van der Waals surface area contributed by atoms with Crippen molar-refractivity contribution < 1.29 is 76.0 Å². The fourth-order valence-electron chi connectivity index (χ4n) is 9.13. The molecule has 0 saturated heterocycles. The molecule has 5 aromatic carbocycles. The van der Waals surface area contributed by atoms with E-state index in [4.69, 9.17) is 63.6 Å². The Labute approximate surface area is 606 Å². The molecule has 0 aliphatic rings. The number of hydrazine groups is 1. The number of aromatic nitrogens is 8. The van der Waals surface area contributed by atoms with Crippen LogP contribution in [0.3, 0.4) is 0 Å². The first-order valence-corrected chi connectivity index (χ1v) is 30.9. The van der Waals surface area contributed by atoms with Gasteiger partial charge in [0.1, 0.15) is 35.9 Å². The van der Waals surface area contributed by atoms with E-state index in [-0.39, 0.29) is 41.7 Å². The summed E-state index contributed by atoms with van der Waals surface area (Å²) in [7, 11) is 15.7. The Kier molecular flexibility index (Phi) is 38.7. The number of ketones is 1. The first-order chi connectivity index (χ1) is 49.5. The monoisotopic (exact) mass is 1460 g/mol. The van der Waals surface area contributed by atoms with Crippen molar-refractivity contribution in [3.8, 4) is 103 Å². The second-order valence-electron chi connectivity index (χ2n) is 20.6. The molecule has 556 valence electrons. The van der Waals surface area contributed by atoms with Crippen molar-refractivity contribution in [3.05, 3.63) is 165 Å². The number of anilines is 1. The Morgan fingerprint density at radius 1 is 0.596 bits per heavy atom. The van der Waals surface area contributed by atoms with E-state index in [2.05, 4.69) is 57.6 Å². The Hall–Kier alpha value is -12.6. The number of nitrogens with one attached hydrogen (secondary N) is 3. The number of halogens is 1. The van der Waals surface area contributed by atoms with Crippen molar-refractivity contribution in [1.29, 1.82) is 10.5 Å². The predicted molar refractivity (Wildman–Crippen MR) is 392 cm³/mol. The lowest BCUT2D eigenvalue weighted by Gasteiger charge is -2.09. The third-order valence-electron chi connectivity index (χ3n) is 13.9. The zero-order valence-electron chi connectivity index (χ0n) is 60.6. The third-order valence-corrected chi connectivity index (χ3v) is 13.9. The van der Waals surface area contributed by atoms with E-state index in [1.54, 1.807) is 125 Å². The van der Waals surface area contributed by atoms with Gasteiger partial charge in [0.2, 0.25) is 0 Å². The Morgan fingerprint density at radius 2 is 1.06 bits per heavy atom. The fourth-order valence-corrected chi connectivity index (χ4v) is 9.13. The number of hydrogen-bond acceptors (Lipinski definition) is 26. The number of nitrogen functional groups attached to an aromatic ring is 1. The van der Waals surface area contributed by atoms with Gasteiger partial charge in [-0.15, -0.1) is 12.4 Å². The number of carbonyl (C=O) groups excluding carboxylic acids is 4. The zero-order chi connectivity index (χ0) is 76.7. The molecule has 10 aromatic rings. The van der Waals surface area contributed by atoms with Gasteiger partial charge in [0.25, 0.3) is 11.1 Å². The first kappa shape index (κ1) is 87.5. The molecule has 5 heterocycles. The minimum Gasteiger partial charge on any atom is -0.493 e. The lowest BCUT2D eigenvalue weighted by Crippen LogP contribution is -2.14. The summed E-state index contributed by atoms with van der Waals surface area (Å²) in [5.74, 6) is 13.3. The molecular formula is C72H88ClN13O18.